The van der Waals surface area contributed by atoms with E-state index in [0.717, 1.165) is 19.0 Å². The molecule has 1 saturated carbocycles. The Labute approximate surface area is 108 Å². The standard InChI is InChI=1S/C16H20N2/c1-2-17-11-13-8-9-14(13)15-7-3-5-12-6-4-10-18-16(12)15/h3-7,10,13-14,17H,2,8-9,11H2,1H3. The van der Waals surface area contributed by atoms with Crippen LogP contribution in [0, 0.1) is 5.92 Å². The van der Waals surface area contributed by atoms with E-state index in [1.54, 1.807) is 0 Å². The van der Waals surface area contributed by atoms with Crippen molar-refractivity contribution in [2.24, 2.45) is 5.92 Å². The Morgan fingerprint density at radius 3 is 2.89 bits per heavy atom. The number of pyridine rings is 1. The molecule has 1 aliphatic carbocycles. The number of benzene rings is 1. The summed E-state index contributed by atoms with van der Waals surface area (Å²) in [6.07, 6.45) is 4.57. The van der Waals surface area contributed by atoms with Crippen LogP contribution in [0.25, 0.3) is 10.9 Å². The van der Waals surface area contributed by atoms with E-state index in [2.05, 4.69) is 41.5 Å². The molecule has 2 atom stereocenters. The number of hydrogen-bond donors (Lipinski definition) is 1. The van der Waals surface area contributed by atoms with Gasteiger partial charge in [0.2, 0.25) is 0 Å². The molecule has 1 aromatic carbocycles. The lowest BCUT2D eigenvalue weighted by Crippen LogP contribution is -2.33. The molecule has 18 heavy (non-hydrogen) atoms. The fourth-order valence-electron chi connectivity index (χ4n) is 2.98. The van der Waals surface area contributed by atoms with Crippen LogP contribution >= 0.6 is 0 Å². The van der Waals surface area contributed by atoms with E-state index in [-0.39, 0.29) is 0 Å². The van der Waals surface area contributed by atoms with Gasteiger partial charge in [-0.1, -0.05) is 31.2 Å². The Bertz CT molecular complexity index is 530. The summed E-state index contributed by atoms with van der Waals surface area (Å²) < 4.78 is 0. The second kappa shape index (κ2) is 5.07. The van der Waals surface area contributed by atoms with Crippen LogP contribution in [0.15, 0.2) is 36.5 Å². The Morgan fingerprint density at radius 1 is 1.22 bits per heavy atom. The Kier molecular flexibility index (Phi) is 3.28. The molecule has 0 saturated heterocycles. The van der Waals surface area contributed by atoms with Gasteiger partial charge in [-0.15, -0.1) is 0 Å². The summed E-state index contributed by atoms with van der Waals surface area (Å²) in [5, 5.41) is 4.75. The van der Waals surface area contributed by atoms with Gasteiger partial charge in [-0.25, -0.2) is 0 Å². The highest BCUT2D eigenvalue weighted by atomic mass is 14.9. The van der Waals surface area contributed by atoms with Crippen molar-refractivity contribution in [2.75, 3.05) is 13.1 Å². The molecule has 1 aliphatic rings. The number of nitrogens with zero attached hydrogens (tertiary/aromatic N) is 1. The van der Waals surface area contributed by atoms with E-state index in [4.69, 9.17) is 0 Å². The molecule has 0 spiro atoms. The van der Waals surface area contributed by atoms with E-state index >= 15 is 0 Å². The van der Waals surface area contributed by atoms with Crippen molar-refractivity contribution < 1.29 is 0 Å². The number of para-hydroxylation sites is 1. The molecule has 0 radical (unpaired) electrons. The highest BCUT2D eigenvalue weighted by Crippen LogP contribution is 2.43. The van der Waals surface area contributed by atoms with E-state index in [9.17, 15) is 0 Å². The zero-order valence-electron chi connectivity index (χ0n) is 10.9. The Hall–Kier alpha value is -1.41. The van der Waals surface area contributed by atoms with Gasteiger partial charge in [-0.3, -0.25) is 4.98 Å². The molecule has 1 fully saturated rings. The van der Waals surface area contributed by atoms with Crippen LogP contribution in [0.2, 0.25) is 0 Å². The van der Waals surface area contributed by atoms with Crippen LogP contribution in [0.5, 0.6) is 0 Å². The molecule has 1 N–H and O–H groups in total. The second-order valence-corrected chi connectivity index (χ2v) is 5.17. The zero-order valence-corrected chi connectivity index (χ0v) is 10.9. The van der Waals surface area contributed by atoms with Gasteiger partial charge in [-0.05, 0) is 49.4 Å². The van der Waals surface area contributed by atoms with Gasteiger partial charge in [0.25, 0.3) is 0 Å². The summed E-state index contributed by atoms with van der Waals surface area (Å²) in [4.78, 5) is 4.58. The quantitative estimate of drug-likeness (QED) is 0.886. The predicted molar refractivity (Wildman–Crippen MR) is 75.8 cm³/mol. The van der Waals surface area contributed by atoms with E-state index in [1.807, 2.05) is 12.3 Å². The fraction of sp³-hybridized carbons (Fsp3) is 0.438. The molecular formula is C16H20N2. The molecule has 1 aromatic heterocycles. The highest BCUT2D eigenvalue weighted by Gasteiger charge is 2.32. The molecule has 2 nitrogen and oxygen atoms in total. The first kappa shape index (κ1) is 11.7. The number of rotatable bonds is 4. The van der Waals surface area contributed by atoms with Crippen molar-refractivity contribution in [3.8, 4) is 0 Å². The van der Waals surface area contributed by atoms with Crippen molar-refractivity contribution in [1.82, 2.24) is 10.3 Å². The van der Waals surface area contributed by atoms with E-state index < -0.39 is 0 Å². The largest absolute Gasteiger partial charge is 0.317 e. The molecule has 94 valence electrons. The molecule has 0 aliphatic heterocycles. The SMILES string of the molecule is CCNCC1CCC1c1cccc2cccnc12. The first-order valence-electron chi connectivity index (χ1n) is 6.94. The van der Waals surface area contributed by atoms with Gasteiger partial charge in [0.05, 0.1) is 5.52 Å². The van der Waals surface area contributed by atoms with Crippen LogP contribution in [-0.2, 0) is 0 Å². The maximum Gasteiger partial charge on any atom is 0.0736 e. The number of nitrogens with one attached hydrogen (secondary N) is 1. The lowest BCUT2D eigenvalue weighted by Gasteiger charge is -2.37. The average Bonchev–Trinajstić information content (AvgIpc) is 2.38. The van der Waals surface area contributed by atoms with Crippen molar-refractivity contribution in [1.29, 1.82) is 0 Å². The maximum atomic E-state index is 4.58. The lowest BCUT2D eigenvalue weighted by atomic mass is 9.69. The maximum absolute atomic E-state index is 4.58. The minimum absolute atomic E-state index is 0.697. The van der Waals surface area contributed by atoms with E-state index in [0.29, 0.717) is 5.92 Å². The first-order chi connectivity index (χ1) is 8.90. The normalized spacial score (nSPS) is 22.9. The van der Waals surface area contributed by atoms with Crippen molar-refractivity contribution in [3.05, 3.63) is 42.1 Å². The first-order valence-corrected chi connectivity index (χ1v) is 6.94. The third-order valence-corrected chi connectivity index (χ3v) is 4.14. The van der Waals surface area contributed by atoms with Crippen LogP contribution in [0.4, 0.5) is 0 Å². The van der Waals surface area contributed by atoms with Gasteiger partial charge < -0.3 is 5.32 Å². The van der Waals surface area contributed by atoms with Gasteiger partial charge in [-0.2, -0.15) is 0 Å². The summed E-state index contributed by atoms with van der Waals surface area (Å²) in [6, 6.07) is 10.8. The summed E-state index contributed by atoms with van der Waals surface area (Å²) in [6.45, 7) is 4.38. The fourth-order valence-corrected chi connectivity index (χ4v) is 2.98. The molecular weight excluding hydrogens is 220 g/mol. The van der Waals surface area contributed by atoms with Crippen LogP contribution in [-0.4, -0.2) is 18.1 Å². The third-order valence-electron chi connectivity index (χ3n) is 4.14. The van der Waals surface area contributed by atoms with Gasteiger partial charge >= 0.3 is 0 Å². The van der Waals surface area contributed by atoms with Crippen molar-refractivity contribution >= 4 is 10.9 Å². The Balaban J connectivity index is 1.90. The molecule has 3 rings (SSSR count). The smallest absolute Gasteiger partial charge is 0.0736 e. The summed E-state index contributed by atoms with van der Waals surface area (Å²) in [7, 11) is 0. The third kappa shape index (κ3) is 2.01. The minimum Gasteiger partial charge on any atom is -0.317 e. The Morgan fingerprint density at radius 2 is 2.11 bits per heavy atom. The predicted octanol–water partition coefficient (Wildman–Crippen LogP) is 3.34. The lowest BCUT2D eigenvalue weighted by molar-refractivity contribution is 0.248. The van der Waals surface area contributed by atoms with Crippen LogP contribution in [0.3, 0.4) is 0 Å². The number of hydrogen-bond acceptors (Lipinski definition) is 2. The second-order valence-electron chi connectivity index (χ2n) is 5.17. The zero-order chi connectivity index (χ0) is 12.4. The monoisotopic (exact) mass is 240 g/mol. The molecule has 2 aromatic rings. The number of aromatic nitrogens is 1. The minimum atomic E-state index is 0.697. The van der Waals surface area contributed by atoms with Gasteiger partial charge in [0.15, 0.2) is 0 Å². The summed E-state index contributed by atoms with van der Waals surface area (Å²) in [5.41, 5.74) is 2.65. The topological polar surface area (TPSA) is 24.9 Å². The van der Waals surface area contributed by atoms with Gasteiger partial charge in [0, 0.05) is 11.6 Å². The van der Waals surface area contributed by atoms with Crippen molar-refractivity contribution in [2.45, 2.75) is 25.7 Å². The van der Waals surface area contributed by atoms with Crippen molar-refractivity contribution in [3.63, 3.8) is 0 Å². The number of fused-ring (bicyclic) bond motifs is 1. The molecule has 1 heterocycles. The highest BCUT2D eigenvalue weighted by molar-refractivity contribution is 5.82. The van der Waals surface area contributed by atoms with Crippen LogP contribution < -0.4 is 5.32 Å². The molecule has 2 unspecified atom stereocenters. The molecule has 2 heteroatoms. The summed E-state index contributed by atoms with van der Waals surface area (Å²) in [5.74, 6) is 1.49. The molecule has 0 bridgehead atoms. The average molecular weight is 240 g/mol. The van der Waals surface area contributed by atoms with Crippen LogP contribution in [0.1, 0.15) is 31.2 Å². The van der Waals surface area contributed by atoms with Gasteiger partial charge in [0.1, 0.15) is 0 Å². The molecule has 0 amide bonds. The van der Waals surface area contributed by atoms with E-state index in [1.165, 1.54) is 29.3 Å². The summed E-state index contributed by atoms with van der Waals surface area (Å²) >= 11 is 0.